The lowest BCUT2D eigenvalue weighted by atomic mass is 10.1. The van der Waals surface area contributed by atoms with E-state index in [2.05, 4.69) is 31.0 Å². The molecule has 0 aliphatic carbocycles. The summed E-state index contributed by atoms with van der Waals surface area (Å²) in [7, 11) is 2.09. The molecule has 1 aliphatic heterocycles. The van der Waals surface area contributed by atoms with Crippen molar-refractivity contribution in [3.63, 3.8) is 0 Å². The van der Waals surface area contributed by atoms with Crippen molar-refractivity contribution in [1.82, 2.24) is 0 Å². The maximum Gasteiger partial charge on any atom is 0.163 e. The molecule has 0 saturated carbocycles. The van der Waals surface area contributed by atoms with Crippen LogP contribution in [0, 0.1) is 5.92 Å². The normalized spacial score (nSPS) is 15.7. The number of hydrogen-bond acceptors (Lipinski definition) is 4. The van der Waals surface area contributed by atoms with Gasteiger partial charge in [-0.15, -0.1) is 0 Å². The molecule has 0 radical (unpaired) electrons. The minimum Gasteiger partial charge on any atom is -0.490 e. The third kappa shape index (κ3) is 3.53. The van der Waals surface area contributed by atoms with Crippen LogP contribution in [-0.4, -0.2) is 33.4 Å². The molecule has 19 heavy (non-hydrogen) atoms. The van der Waals surface area contributed by atoms with Crippen LogP contribution in [0.4, 0.5) is 5.69 Å². The van der Waals surface area contributed by atoms with Gasteiger partial charge in [0.05, 0.1) is 13.2 Å². The van der Waals surface area contributed by atoms with Crippen LogP contribution in [0.3, 0.4) is 0 Å². The van der Waals surface area contributed by atoms with Gasteiger partial charge < -0.3 is 20.1 Å². The molecule has 0 saturated heterocycles. The Labute approximate surface area is 115 Å². The topological polar surface area (TPSA) is 47.7 Å². The molecule has 0 aromatic heterocycles. The van der Waals surface area contributed by atoms with Gasteiger partial charge in [-0.1, -0.05) is 13.3 Å². The molecule has 0 bridgehead atoms. The maximum atomic E-state index is 5.77. The Kier molecular flexibility index (Phi) is 4.91. The van der Waals surface area contributed by atoms with Crippen molar-refractivity contribution in [3.8, 4) is 11.5 Å². The van der Waals surface area contributed by atoms with Crippen LogP contribution in [-0.2, 0) is 0 Å². The maximum absolute atomic E-state index is 5.77. The summed E-state index contributed by atoms with van der Waals surface area (Å²) in [4.78, 5) is 2.23. The number of fused-ring (bicyclic) bond motifs is 1. The molecular formula is C15H24N2O2. The van der Waals surface area contributed by atoms with Crippen molar-refractivity contribution < 1.29 is 9.47 Å². The van der Waals surface area contributed by atoms with E-state index in [0.29, 0.717) is 5.92 Å². The highest BCUT2D eigenvalue weighted by molar-refractivity contribution is 5.56. The van der Waals surface area contributed by atoms with E-state index in [0.717, 1.165) is 56.3 Å². The van der Waals surface area contributed by atoms with Crippen LogP contribution in [0.25, 0.3) is 0 Å². The van der Waals surface area contributed by atoms with E-state index in [4.69, 9.17) is 15.2 Å². The number of nitrogens with two attached hydrogens (primary N) is 1. The third-order valence-electron chi connectivity index (χ3n) is 3.61. The van der Waals surface area contributed by atoms with Gasteiger partial charge >= 0.3 is 0 Å². The van der Waals surface area contributed by atoms with Crippen LogP contribution in [0.2, 0.25) is 0 Å². The predicted molar refractivity (Wildman–Crippen MR) is 78.2 cm³/mol. The zero-order valence-electron chi connectivity index (χ0n) is 11.9. The molecule has 1 unspecified atom stereocenters. The molecule has 0 spiro atoms. The molecule has 0 fully saturated rings. The first-order chi connectivity index (χ1) is 9.24. The van der Waals surface area contributed by atoms with Gasteiger partial charge in [-0.25, -0.2) is 0 Å². The summed E-state index contributed by atoms with van der Waals surface area (Å²) in [6, 6.07) is 6.14. The minimum atomic E-state index is 0.529. The number of hydrogen-bond donors (Lipinski definition) is 1. The highest BCUT2D eigenvalue weighted by Gasteiger charge is 2.14. The lowest BCUT2D eigenvalue weighted by Crippen LogP contribution is -2.29. The van der Waals surface area contributed by atoms with Crippen molar-refractivity contribution in [2.75, 3.05) is 38.3 Å². The van der Waals surface area contributed by atoms with E-state index in [1.54, 1.807) is 0 Å². The lowest BCUT2D eigenvalue weighted by Gasteiger charge is -2.25. The average molecular weight is 264 g/mol. The summed E-state index contributed by atoms with van der Waals surface area (Å²) in [5.74, 6) is 2.23. The van der Waals surface area contributed by atoms with E-state index >= 15 is 0 Å². The van der Waals surface area contributed by atoms with Crippen LogP contribution >= 0.6 is 0 Å². The van der Waals surface area contributed by atoms with Crippen LogP contribution in [0.1, 0.15) is 19.8 Å². The number of ether oxygens (including phenoxy) is 2. The summed E-state index contributed by atoms with van der Waals surface area (Å²) in [5.41, 5.74) is 6.92. The second-order valence-electron chi connectivity index (χ2n) is 5.07. The highest BCUT2D eigenvalue weighted by atomic mass is 16.5. The second kappa shape index (κ2) is 6.66. The molecule has 1 atom stereocenters. The molecule has 2 N–H and O–H groups in total. The first kappa shape index (κ1) is 14.0. The zero-order valence-corrected chi connectivity index (χ0v) is 11.9. The van der Waals surface area contributed by atoms with E-state index < -0.39 is 0 Å². The molecule has 1 aliphatic rings. The Morgan fingerprint density at radius 2 is 2.00 bits per heavy atom. The summed E-state index contributed by atoms with van der Waals surface area (Å²) in [6.07, 6.45) is 2.04. The van der Waals surface area contributed by atoms with E-state index in [-0.39, 0.29) is 0 Å². The minimum absolute atomic E-state index is 0.529. The van der Waals surface area contributed by atoms with Gasteiger partial charge in [0.15, 0.2) is 11.5 Å². The summed E-state index contributed by atoms with van der Waals surface area (Å²) >= 11 is 0. The van der Waals surface area contributed by atoms with Gasteiger partial charge in [-0.05, 0) is 24.6 Å². The van der Waals surface area contributed by atoms with Crippen molar-refractivity contribution in [3.05, 3.63) is 18.2 Å². The highest BCUT2D eigenvalue weighted by Crippen LogP contribution is 2.33. The quantitative estimate of drug-likeness (QED) is 0.886. The van der Waals surface area contributed by atoms with Gasteiger partial charge in [0.1, 0.15) is 0 Å². The molecular weight excluding hydrogens is 240 g/mol. The second-order valence-corrected chi connectivity index (χ2v) is 5.07. The molecule has 4 nitrogen and oxygen atoms in total. The van der Waals surface area contributed by atoms with Gasteiger partial charge in [0.2, 0.25) is 0 Å². The number of benzene rings is 1. The van der Waals surface area contributed by atoms with Gasteiger partial charge in [0, 0.05) is 31.8 Å². The van der Waals surface area contributed by atoms with Crippen LogP contribution in [0.15, 0.2) is 18.2 Å². The fourth-order valence-corrected chi connectivity index (χ4v) is 2.25. The standard InChI is InChI=1S/C15H24N2O2/c1-3-12(10-16)11-17(2)13-5-6-14-15(9-13)19-8-4-7-18-14/h5-6,9,12H,3-4,7-8,10-11,16H2,1-2H3. The van der Waals surface area contributed by atoms with Gasteiger partial charge in [0.25, 0.3) is 0 Å². The van der Waals surface area contributed by atoms with E-state index in [1.165, 1.54) is 0 Å². The molecule has 1 heterocycles. The Hall–Kier alpha value is -1.42. The predicted octanol–water partition coefficient (Wildman–Crippen LogP) is 2.27. The Bertz CT molecular complexity index is 405. The van der Waals surface area contributed by atoms with Crippen molar-refractivity contribution in [2.45, 2.75) is 19.8 Å². The first-order valence-corrected chi connectivity index (χ1v) is 7.05. The lowest BCUT2D eigenvalue weighted by molar-refractivity contribution is 0.297. The molecule has 4 heteroatoms. The molecule has 2 rings (SSSR count). The molecule has 106 valence electrons. The van der Waals surface area contributed by atoms with Gasteiger partial charge in [-0.3, -0.25) is 0 Å². The largest absolute Gasteiger partial charge is 0.490 e. The third-order valence-corrected chi connectivity index (χ3v) is 3.61. The Morgan fingerprint density at radius 3 is 2.68 bits per heavy atom. The Morgan fingerprint density at radius 1 is 1.26 bits per heavy atom. The van der Waals surface area contributed by atoms with Gasteiger partial charge in [-0.2, -0.15) is 0 Å². The smallest absolute Gasteiger partial charge is 0.163 e. The number of nitrogens with zero attached hydrogens (tertiary/aromatic N) is 1. The molecule has 1 aromatic rings. The zero-order chi connectivity index (χ0) is 13.7. The Balaban J connectivity index is 2.10. The molecule has 1 aromatic carbocycles. The first-order valence-electron chi connectivity index (χ1n) is 7.05. The SMILES string of the molecule is CCC(CN)CN(C)c1ccc2c(c1)OCCCO2. The fourth-order valence-electron chi connectivity index (χ4n) is 2.25. The van der Waals surface area contributed by atoms with E-state index in [1.807, 2.05) is 6.07 Å². The van der Waals surface area contributed by atoms with Crippen LogP contribution < -0.4 is 20.1 Å². The summed E-state index contributed by atoms with van der Waals surface area (Å²) in [6.45, 7) is 5.32. The summed E-state index contributed by atoms with van der Waals surface area (Å²) in [5, 5.41) is 0. The van der Waals surface area contributed by atoms with Crippen molar-refractivity contribution in [1.29, 1.82) is 0 Å². The average Bonchev–Trinajstić information content (AvgIpc) is 2.68. The van der Waals surface area contributed by atoms with Crippen LogP contribution in [0.5, 0.6) is 11.5 Å². The summed E-state index contributed by atoms with van der Waals surface area (Å²) < 4.78 is 11.4. The van der Waals surface area contributed by atoms with Crippen molar-refractivity contribution in [2.24, 2.45) is 11.7 Å². The van der Waals surface area contributed by atoms with E-state index in [9.17, 15) is 0 Å². The fraction of sp³-hybridized carbons (Fsp3) is 0.600. The number of rotatable bonds is 5. The van der Waals surface area contributed by atoms with Crippen molar-refractivity contribution >= 4 is 5.69 Å². The molecule has 0 amide bonds. The monoisotopic (exact) mass is 264 g/mol. The number of anilines is 1.